The maximum Gasteiger partial charge on any atom is 0.261 e. The van der Waals surface area contributed by atoms with Crippen LogP contribution in [-0.2, 0) is 9.53 Å². The van der Waals surface area contributed by atoms with Crippen molar-refractivity contribution in [1.82, 2.24) is 9.80 Å². The summed E-state index contributed by atoms with van der Waals surface area (Å²) in [7, 11) is 0. The number of imide groups is 1. The van der Waals surface area contributed by atoms with E-state index in [0.29, 0.717) is 37.2 Å². The Morgan fingerprint density at radius 2 is 1.73 bits per heavy atom. The van der Waals surface area contributed by atoms with Crippen LogP contribution in [0.4, 0.5) is 4.39 Å². The van der Waals surface area contributed by atoms with Gasteiger partial charge in [0.05, 0.1) is 30.4 Å². The van der Waals surface area contributed by atoms with Gasteiger partial charge in [-0.15, -0.1) is 0 Å². The molecule has 0 radical (unpaired) electrons. The molecule has 0 saturated carbocycles. The summed E-state index contributed by atoms with van der Waals surface area (Å²) in [5.74, 6) is -1.03. The Labute approximate surface area is 174 Å². The van der Waals surface area contributed by atoms with Crippen LogP contribution in [0.25, 0.3) is 0 Å². The predicted molar refractivity (Wildman–Crippen MR) is 108 cm³/mol. The molecule has 1 saturated heterocycles. The molecule has 2 aliphatic rings. The SMILES string of the molecule is CC(CC(=O)N1CCOC(CN2C(=O)c3ccccc3C2=O)C1)c1ccc(F)cc1. The van der Waals surface area contributed by atoms with E-state index >= 15 is 0 Å². The molecule has 1 fully saturated rings. The van der Waals surface area contributed by atoms with Crippen LogP contribution >= 0.6 is 0 Å². The summed E-state index contributed by atoms with van der Waals surface area (Å²) in [6.07, 6.45) is -0.128. The van der Waals surface area contributed by atoms with Crippen molar-refractivity contribution in [3.8, 4) is 0 Å². The van der Waals surface area contributed by atoms with Gasteiger partial charge in [-0.2, -0.15) is 0 Å². The number of nitrogens with zero attached hydrogens (tertiary/aromatic N) is 2. The lowest BCUT2D eigenvalue weighted by Crippen LogP contribution is -2.50. The zero-order valence-electron chi connectivity index (χ0n) is 16.7. The molecule has 2 unspecified atom stereocenters. The summed E-state index contributed by atoms with van der Waals surface area (Å²) in [5, 5.41) is 0. The maximum atomic E-state index is 13.1. The average Bonchev–Trinajstić information content (AvgIpc) is 2.99. The summed E-state index contributed by atoms with van der Waals surface area (Å²) in [4.78, 5) is 40.8. The molecule has 0 aromatic heterocycles. The normalized spacial score (nSPS) is 19.7. The summed E-state index contributed by atoms with van der Waals surface area (Å²) >= 11 is 0. The minimum absolute atomic E-state index is 0.0255. The number of carbonyl (C=O) groups excluding carboxylic acids is 3. The molecule has 0 aliphatic carbocycles. The molecule has 0 spiro atoms. The Morgan fingerprint density at radius 3 is 2.37 bits per heavy atom. The quantitative estimate of drug-likeness (QED) is 0.711. The van der Waals surface area contributed by atoms with Gasteiger partial charge < -0.3 is 9.64 Å². The molecule has 2 aromatic carbocycles. The van der Waals surface area contributed by atoms with Crippen molar-refractivity contribution in [2.45, 2.75) is 25.4 Å². The van der Waals surface area contributed by atoms with E-state index in [0.717, 1.165) is 5.56 Å². The van der Waals surface area contributed by atoms with Crippen molar-refractivity contribution in [1.29, 1.82) is 0 Å². The number of morpholine rings is 1. The van der Waals surface area contributed by atoms with Gasteiger partial charge in [0, 0.05) is 19.5 Å². The van der Waals surface area contributed by atoms with Crippen LogP contribution in [0.2, 0.25) is 0 Å². The third kappa shape index (κ3) is 3.98. The Balaban J connectivity index is 1.36. The van der Waals surface area contributed by atoms with E-state index in [9.17, 15) is 18.8 Å². The minimum atomic E-state index is -0.425. The number of amides is 3. The highest BCUT2D eigenvalue weighted by atomic mass is 19.1. The van der Waals surface area contributed by atoms with Crippen LogP contribution < -0.4 is 0 Å². The molecule has 3 amide bonds. The van der Waals surface area contributed by atoms with Gasteiger partial charge in [-0.05, 0) is 35.7 Å². The fourth-order valence-electron chi connectivity index (χ4n) is 3.97. The van der Waals surface area contributed by atoms with Gasteiger partial charge in [-0.25, -0.2) is 4.39 Å². The van der Waals surface area contributed by atoms with E-state index in [2.05, 4.69) is 0 Å². The van der Waals surface area contributed by atoms with Gasteiger partial charge in [0.2, 0.25) is 5.91 Å². The zero-order valence-corrected chi connectivity index (χ0v) is 16.7. The summed E-state index contributed by atoms with van der Waals surface area (Å²) in [6.45, 7) is 3.19. The number of fused-ring (bicyclic) bond motifs is 1. The van der Waals surface area contributed by atoms with E-state index in [4.69, 9.17) is 4.74 Å². The van der Waals surface area contributed by atoms with Gasteiger partial charge in [0.1, 0.15) is 5.82 Å². The van der Waals surface area contributed by atoms with Crippen LogP contribution in [0.5, 0.6) is 0 Å². The van der Waals surface area contributed by atoms with Crippen LogP contribution in [-0.4, -0.2) is 59.9 Å². The molecule has 0 bridgehead atoms. The number of benzene rings is 2. The molecule has 2 heterocycles. The second-order valence-corrected chi connectivity index (χ2v) is 7.76. The summed E-state index contributed by atoms with van der Waals surface area (Å²) in [6, 6.07) is 12.9. The van der Waals surface area contributed by atoms with Crippen LogP contribution in [0.3, 0.4) is 0 Å². The second-order valence-electron chi connectivity index (χ2n) is 7.76. The third-order valence-electron chi connectivity index (χ3n) is 5.68. The van der Waals surface area contributed by atoms with E-state index in [1.807, 2.05) is 6.92 Å². The first kappa shape index (κ1) is 20.2. The van der Waals surface area contributed by atoms with Crippen molar-refractivity contribution in [3.05, 3.63) is 71.0 Å². The van der Waals surface area contributed by atoms with E-state index in [-0.39, 0.29) is 36.0 Å². The van der Waals surface area contributed by atoms with Gasteiger partial charge in [0.25, 0.3) is 11.8 Å². The molecular formula is C23H23FN2O4. The number of halogens is 1. The number of ether oxygens (including phenoxy) is 1. The predicted octanol–water partition coefficient (Wildman–Crippen LogP) is 2.84. The topological polar surface area (TPSA) is 66.9 Å². The van der Waals surface area contributed by atoms with Gasteiger partial charge >= 0.3 is 0 Å². The number of carbonyl (C=O) groups is 3. The third-order valence-corrected chi connectivity index (χ3v) is 5.68. The Morgan fingerprint density at radius 1 is 1.10 bits per heavy atom. The fourth-order valence-corrected chi connectivity index (χ4v) is 3.97. The highest BCUT2D eigenvalue weighted by molar-refractivity contribution is 6.21. The fraction of sp³-hybridized carbons (Fsp3) is 0.348. The van der Waals surface area contributed by atoms with Crippen LogP contribution in [0.1, 0.15) is 45.5 Å². The molecular weight excluding hydrogens is 387 g/mol. The molecule has 2 atom stereocenters. The number of hydrogen-bond acceptors (Lipinski definition) is 4. The Kier molecular flexibility index (Phi) is 5.63. The maximum absolute atomic E-state index is 13.1. The summed E-state index contributed by atoms with van der Waals surface area (Å²) < 4.78 is 18.9. The van der Waals surface area contributed by atoms with Crippen LogP contribution in [0, 0.1) is 5.82 Å². The van der Waals surface area contributed by atoms with Gasteiger partial charge in [0.15, 0.2) is 0 Å². The lowest BCUT2D eigenvalue weighted by molar-refractivity contribution is -0.139. The number of rotatable bonds is 5. The minimum Gasteiger partial charge on any atom is -0.373 e. The molecule has 0 N–H and O–H groups in total. The highest BCUT2D eigenvalue weighted by Gasteiger charge is 2.38. The van der Waals surface area contributed by atoms with Crippen molar-refractivity contribution >= 4 is 17.7 Å². The zero-order chi connectivity index (χ0) is 21.3. The van der Waals surface area contributed by atoms with Crippen molar-refractivity contribution in [2.24, 2.45) is 0 Å². The van der Waals surface area contributed by atoms with E-state index in [1.54, 1.807) is 41.3 Å². The molecule has 7 heteroatoms. The van der Waals surface area contributed by atoms with Crippen LogP contribution in [0.15, 0.2) is 48.5 Å². The second kappa shape index (κ2) is 8.36. The molecule has 2 aromatic rings. The molecule has 156 valence electrons. The molecule has 2 aliphatic heterocycles. The Bertz CT molecular complexity index is 940. The van der Waals surface area contributed by atoms with Crippen molar-refractivity contribution in [2.75, 3.05) is 26.2 Å². The average molecular weight is 410 g/mol. The van der Waals surface area contributed by atoms with E-state index < -0.39 is 6.10 Å². The van der Waals surface area contributed by atoms with E-state index in [1.165, 1.54) is 17.0 Å². The molecule has 4 rings (SSSR count). The van der Waals surface area contributed by atoms with Crippen molar-refractivity contribution < 1.29 is 23.5 Å². The first-order chi connectivity index (χ1) is 14.4. The largest absolute Gasteiger partial charge is 0.373 e. The lowest BCUT2D eigenvalue weighted by atomic mass is 9.97. The lowest BCUT2D eigenvalue weighted by Gasteiger charge is -2.35. The first-order valence-electron chi connectivity index (χ1n) is 10.0. The monoisotopic (exact) mass is 410 g/mol. The van der Waals surface area contributed by atoms with Crippen molar-refractivity contribution in [3.63, 3.8) is 0 Å². The highest BCUT2D eigenvalue weighted by Crippen LogP contribution is 2.24. The molecule has 30 heavy (non-hydrogen) atoms. The molecule has 6 nitrogen and oxygen atoms in total. The first-order valence-corrected chi connectivity index (χ1v) is 10.0. The number of hydrogen-bond donors (Lipinski definition) is 0. The van der Waals surface area contributed by atoms with Gasteiger partial charge in [-0.3, -0.25) is 19.3 Å². The smallest absolute Gasteiger partial charge is 0.261 e. The summed E-state index contributed by atoms with van der Waals surface area (Å²) in [5.41, 5.74) is 1.71. The van der Waals surface area contributed by atoms with Gasteiger partial charge in [-0.1, -0.05) is 31.2 Å². The Hall–Kier alpha value is -3.06. The standard InChI is InChI=1S/C23H23FN2O4/c1-15(16-6-8-17(24)9-7-16)12-21(27)25-10-11-30-18(13-25)14-26-22(28)19-4-2-3-5-20(19)23(26)29/h2-9,15,18H,10-14H2,1H3.